The highest BCUT2D eigenvalue weighted by Crippen LogP contribution is 2.28. The molecule has 1 aliphatic rings. The molecule has 0 radical (unpaired) electrons. The molecule has 0 saturated heterocycles. The molecular formula is C16H22F2N2O3. The molecule has 2 amide bonds. The molecule has 0 aromatic heterocycles. The summed E-state index contributed by atoms with van der Waals surface area (Å²) in [6.07, 6.45) is 3.85. The highest BCUT2D eigenvalue weighted by atomic mass is 19.3. The summed E-state index contributed by atoms with van der Waals surface area (Å²) in [6, 6.07) is 5.35. The Hall–Kier alpha value is -1.89. The molecule has 0 aliphatic heterocycles. The van der Waals surface area contributed by atoms with E-state index in [2.05, 4.69) is 15.4 Å². The van der Waals surface area contributed by atoms with Crippen molar-refractivity contribution in [1.29, 1.82) is 0 Å². The van der Waals surface area contributed by atoms with Gasteiger partial charge in [0.2, 0.25) is 0 Å². The average Bonchev–Trinajstić information content (AvgIpc) is 2.47. The van der Waals surface area contributed by atoms with Crippen LogP contribution in [-0.4, -0.2) is 30.8 Å². The number of halogens is 2. The van der Waals surface area contributed by atoms with E-state index in [9.17, 15) is 18.7 Å². The summed E-state index contributed by atoms with van der Waals surface area (Å²) in [5.74, 6) is 0.757. The maximum Gasteiger partial charge on any atom is 0.387 e. The number of ether oxygens (including phenoxy) is 1. The van der Waals surface area contributed by atoms with E-state index in [0.717, 1.165) is 12.3 Å². The van der Waals surface area contributed by atoms with Gasteiger partial charge in [0.05, 0.1) is 6.10 Å². The van der Waals surface area contributed by atoms with Crippen LogP contribution in [-0.2, 0) is 0 Å². The molecule has 1 aliphatic carbocycles. The zero-order valence-corrected chi connectivity index (χ0v) is 12.8. The minimum absolute atomic E-state index is 0.0256. The molecule has 1 atom stereocenters. The summed E-state index contributed by atoms with van der Waals surface area (Å²) in [5, 5.41) is 15.3. The van der Waals surface area contributed by atoms with Crippen LogP contribution in [0.15, 0.2) is 24.3 Å². The Balaban J connectivity index is 1.66. The molecule has 1 saturated carbocycles. The monoisotopic (exact) mass is 328 g/mol. The van der Waals surface area contributed by atoms with Gasteiger partial charge in [-0.1, -0.05) is 31.4 Å². The lowest BCUT2D eigenvalue weighted by molar-refractivity contribution is -0.0498. The molecule has 3 N–H and O–H groups in total. The highest BCUT2D eigenvalue weighted by Gasteiger charge is 2.17. The molecule has 1 unspecified atom stereocenters. The van der Waals surface area contributed by atoms with E-state index in [-0.39, 0.29) is 18.3 Å². The summed E-state index contributed by atoms with van der Waals surface area (Å²) < 4.78 is 28.3. The lowest BCUT2D eigenvalue weighted by Gasteiger charge is -2.25. The zero-order chi connectivity index (χ0) is 16.7. The Morgan fingerprint density at radius 2 is 1.96 bits per heavy atom. The van der Waals surface area contributed by atoms with Crippen molar-refractivity contribution in [1.82, 2.24) is 10.6 Å². The number of alkyl halides is 2. The average molecular weight is 328 g/mol. The molecule has 7 heteroatoms. The molecular weight excluding hydrogens is 306 g/mol. The maximum atomic E-state index is 12.0. The number of aliphatic hydroxyl groups excluding tert-OH is 1. The first kappa shape index (κ1) is 17.5. The van der Waals surface area contributed by atoms with Crippen molar-refractivity contribution in [3.05, 3.63) is 29.8 Å². The lowest BCUT2D eigenvalue weighted by Crippen LogP contribution is -2.38. The first-order chi connectivity index (χ1) is 11.0. The number of benzene rings is 1. The summed E-state index contributed by atoms with van der Waals surface area (Å²) >= 11 is 0. The van der Waals surface area contributed by atoms with Crippen molar-refractivity contribution in [3.8, 4) is 5.75 Å². The van der Waals surface area contributed by atoms with E-state index < -0.39 is 12.7 Å². The van der Waals surface area contributed by atoms with Crippen LogP contribution in [0, 0.1) is 5.92 Å². The second-order valence-electron chi connectivity index (χ2n) is 5.69. The minimum atomic E-state index is -2.88. The topological polar surface area (TPSA) is 70.6 Å². The van der Waals surface area contributed by atoms with Crippen LogP contribution in [0.2, 0.25) is 0 Å². The third-order valence-electron chi connectivity index (χ3n) is 4.01. The second kappa shape index (κ2) is 8.67. The van der Waals surface area contributed by atoms with Gasteiger partial charge in [0.25, 0.3) is 0 Å². The van der Waals surface area contributed by atoms with E-state index >= 15 is 0 Å². The molecule has 2 rings (SSSR count). The number of carbonyl (C=O) groups is 1. The number of amides is 2. The second-order valence-corrected chi connectivity index (χ2v) is 5.69. The number of carbonyl (C=O) groups excluding carboxylic acids is 1. The van der Waals surface area contributed by atoms with Crippen LogP contribution in [0.1, 0.15) is 37.4 Å². The summed E-state index contributed by atoms with van der Waals surface area (Å²) in [7, 11) is 0. The van der Waals surface area contributed by atoms with Crippen LogP contribution in [0.5, 0.6) is 5.75 Å². The van der Waals surface area contributed by atoms with Gasteiger partial charge in [-0.25, -0.2) is 4.79 Å². The first-order valence-corrected chi connectivity index (χ1v) is 7.79. The van der Waals surface area contributed by atoms with E-state index in [1.165, 1.54) is 43.5 Å². The van der Waals surface area contributed by atoms with Crippen LogP contribution in [0.25, 0.3) is 0 Å². The van der Waals surface area contributed by atoms with Gasteiger partial charge in [0.15, 0.2) is 0 Å². The fraction of sp³-hybridized carbons (Fsp3) is 0.562. The quantitative estimate of drug-likeness (QED) is 0.687. The number of aliphatic hydroxyl groups is 1. The van der Waals surface area contributed by atoms with Gasteiger partial charge in [-0.15, -0.1) is 0 Å². The Bertz CT molecular complexity index is 493. The summed E-state index contributed by atoms with van der Waals surface area (Å²) in [4.78, 5) is 11.6. The van der Waals surface area contributed by atoms with Gasteiger partial charge >= 0.3 is 12.6 Å². The standard InChI is InChI=1S/C16H22F2N2O3/c17-15(18)23-13-6-4-12(5-7-13)14(21)10-20-16(22)19-9-8-11-2-1-3-11/h4-7,11,14-15,21H,1-3,8-10H2,(H2,19,20,22). The molecule has 1 aromatic carbocycles. The fourth-order valence-electron chi connectivity index (χ4n) is 2.41. The Morgan fingerprint density at radius 1 is 1.26 bits per heavy atom. The molecule has 1 aromatic rings. The van der Waals surface area contributed by atoms with Crippen LogP contribution in [0.4, 0.5) is 13.6 Å². The largest absolute Gasteiger partial charge is 0.435 e. The van der Waals surface area contributed by atoms with E-state index in [1.54, 1.807) is 0 Å². The van der Waals surface area contributed by atoms with Crippen molar-refractivity contribution >= 4 is 6.03 Å². The van der Waals surface area contributed by atoms with Gasteiger partial charge in [0, 0.05) is 13.1 Å². The van der Waals surface area contributed by atoms with Crippen LogP contribution < -0.4 is 15.4 Å². The van der Waals surface area contributed by atoms with Gasteiger partial charge in [-0.2, -0.15) is 8.78 Å². The Labute approximate surface area is 134 Å². The van der Waals surface area contributed by atoms with Crippen LogP contribution in [0.3, 0.4) is 0 Å². The predicted octanol–water partition coefficient (Wildman–Crippen LogP) is 2.81. The SMILES string of the molecule is O=C(NCCC1CCC1)NCC(O)c1ccc(OC(F)F)cc1. The van der Waals surface area contributed by atoms with E-state index in [4.69, 9.17) is 0 Å². The predicted molar refractivity (Wildman–Crippen MR) is 81.4 cm³/mol. The molecule has 23 heavy (non-hydrogen) atoms. The molecule has 0 heterocycles. The van der Waals surface area contributed by atoms with Crippen molar-refractivity contribution in [2.45, 2.75) is 38.4 Å². The summed E-state index contributed by atoms with van der Waals surface area (Å²) in [6.45, 7) is -2.20. The third kappa shape index (κ3) is 6.02. The number of hydrogen-bond acceptors (Lipinski definition) is 3. The number of rotatable bonds is 8. The van der Waals surface area contributed by atoms with Crippen molar-refractivity contribution in [3.63, 3.8) is 0 Å². The molecule has 128 valence electrons. The third-order valence-corrected chi connectivity index (χ3v) is 4.01. The van der Waals surface area contributed by atoms with Gasteiger partial charge in [-0.3, -0.25) is 0 Å². The minimum Gasteiger partial charge on any atom is -0.435 e. The van der Waals surface area contributed by atoms with Crippen molar-refractivity contribution in [2.24, 2.45) is 5.92 Å². The number of hydrogen-bond donors (Lipinski definition) is 3. The van der Waals surface area contributed by atoms with Crippen molar-refractivity contribution in [2.75, 3.05) is 13.1 Å². The highest BCUT2D eigenvalue weighted by molar-refractivity contribution is 5.73. The fourth-order valence-corrected chi connectivity index (χ4v) is 2.41. The smallest absolute Gasteiger partial charge is 0.387 e. The molecule has 1 fully saturated rings. The Morgan fingerprint density at radius 3 is 2.52 bits per heavy atom. The zero-order valence-electron chi connectivity index (χ0n) is 12.8. The van der Waals surface area contributed by atoms with Gasteiger partial charge in [-0.05, 0) is 30.0 Å². The maximum absolute atomic E-state index is 12.0. The molecule has 5 nitrogen and oxygen atoms in total. The lowest BCUT2D eigenvalue weighted by atomic mass is 9.83. The normalized spacial score (nSPS) is 15.8. The van der Waals surface area contributed by atoms with Crippen molar-refractivity contribution < 1.29 is 23.4 Å². The Kier molecular flexibility index (Phi) is 6.58. The van der Waals surface area contributed by atoms with Gasteiger partial charge < -0.3 is 20.5 Å². The van der Waals surface area contributed by atoms with Crippen LogP contribution >= 0.6 is 0 Å². The van der Waals surface area contributed by atoms with E-state index in [0.29, 0.717) is 12.1 Å². The molecule has 0 spiro atoms. The summed E-state index contributed by atoms with van der Waals surface area (Å²) in [5.41, 5.74) is 0.515. The molecule has 0 bridgehead atoms. The van der Waals surface area contributed by atoms with E-state index in [1.807, 2.05) is 0 Å². The first-order valence-electron chi connectivity index (χ1n) is 7.79. The number of nitrogens with one attached hydrogen (secondary N) is 2. The van der Waals surface area contributed by atoms with Gasteiger partial charge in [0.1, 0.15) is 5.75 Å². The number of urea groups is 1.